The third-order valence-electron chi connectivity index (χ3n) is 2.35. The molecule has 1 heterocycles. The molecule has 0 saturated heterocycles. The van der Waals surface area contributed by atoms with Gasteiger partial charge < -0.3 is 4.98 Å². The molecule has 1 aromatic heterocycles. The Bertz CT molecular complexity index is 690. The van der Waals surface area contributed by atoms with Crippen LogP contribution in [0.5, 0.6) is 0 Å². The number of hydrogen-bond acceptors (Lipinski definition) is 3. The minimum atomic E-state index is -0.499. The van der Waals surface area contributed by atoms with Crippen molar-refractivity contribution in [1.82, 2.24) is 9.97 Å². The van der Waals surface area contributed by atoms with E-state index in [9.17, 15) is 9.18 Å². The van der Waals surface area contributed by atoms with E-state index in [-0.39, 0.29) is 17.0 Å². The number of nitrogens with zero attached hydrogens (tertiary/aromatic N) is 2. The van der Waals surface area contributed by atoms with Crippen LogP contribution in [0.15, 0.2) is 29.2 Å². The number of nitrogens with one attached hydrogen (secondary N) is 1. The van der Waals surface area contributed by atoms with Crippen LogP contribution in [0.2, 0.25) is 5.02 Å². The van der Waals surface area contributed by atoms with Gasteiger partial charge >= 0.3 is 0 Å². The van der Waals surface area contributed by atoms with Gasteiger partial charge in [-0.2, -0.15) is 5.26 Å². The maximum absolute atomic E-state index is 12.9. The van der Waals surface area contributed by atoms with E-state index in [2.05, 4.69) is 9.97 Å². The number of rotatable bonds is 2. The third-order valence-corrected chi connectivity index (χ3v) is 2.70. The fraction of sp³-hybridized carbons (Fsp3) is 0.0833. The highest BCUT2D eigenvalue weighted by molar-refractivity contribution is 6.31. The Hall–Kier alpha value is -2.19. The smallest absolute Gasteiger partial charge is 0.268 e. The SMILES string of the molecule is N#Cc1cnc(Cc2ccc(F)cc2Cl)[nH]c1=O. The molecule has 90 valence electrons. The molecule has 6 heteroatoms. The van der Waals surface area contributed by atoms with Gasteiger partial charge in [0.2, 0.25) is 0 Å². The summed E-state index contributed by atoms with van der Waals surface area (Å²) in [7, 11) is 0. The number of nitriles is 1. The molecule has 0 amide bonds. The maximum atomic E-state index is 12.9. The van der Waals surface area contributed by atoms with Crippen LogP contribution < -0.4 is 5.56 Å². The normalized spacial score (nSPS) is 10.1. The molecule has 2 aromatic rings. The number of aromatic nitrogens is 2. The molecule has 0 bridgehead atoms. The van der Waals surface area contributed by atoms with E-state index < -0.39 is 11.4 Å². The Morgan fingerprint density at radius 3 is 2.89 bits per heavy atom. The van der Waals surface area contributed by atoms with E-state index in [0.717, 1.165) is 0 Å². The van der Waals surface area contributed by atoms with Crippen molar-refractivity contribution in [2.45, 2.75) is 6.42 Å². The summed E-state index contributed by atoms with van der Waals surface area (Å²) in [5.41, 5.74) is 0.0932. The molecule has 18 heavy (non-hydrogen) atoms. The zero-order valence-corrected chi connectivity index (χ0v) is 9.83. The molecule has 0 unspecified atom stereocenters. The highest BCUT2D eigenvalue weighted by Crippen LogP contribution is 2.18. The first-order chi connectivity index (χ1) is 8.60. The number of halogens is 2. The van der Waals surface area contributed by atoms with Crippen LogP contribution in [0.25, 0.3) is 0 Å². The molecule has 0 atom stereocenters. The van der Waals surface area contributed by atoms with Crippen LogP contribution in [0.1, 0.15) is 17.0 Å². The molecule has 0 aliphatic rings. The number of hydrogen-bond donors (Lipinski definition) is 1. The molecule has 4 nitrogen and oxygen atoms in total. The average molecular weight is 264 g/mol. The minimum absolute atomic E-state index is 0.0519. The quantitative estimate of drug-likeness (QED) is 0.901. The lowest BCUT2D eigenvalue weighted by atomic mass is 10.1. The molecule has 0 saturated carbocycles. The van der Waals surface area contributed by atoms with Crippen molar-refractivity contribution in [2.24, 2.45) is 0 Å². The zero-order valence-electron chi connectivity index (χ0n) is 9.08. The van der Waals surface area contributed by atoms with Gasteiger partial charge in [0.1, 0.15) is 23.3 Å². The summed E-state index contributed by atoms with van der Waals surface area (Å²) < 4.78 is 12.9. The summed E-state index contributed by atoms with van der Waals surface area (Å²) in [6.45, 7) is 0. The molecule has 1 aromatic carbocycles. The summed E-state index contributed by atoms with van der Waals surface area (Å²) >= 11 is 5.87. The van der Waals surface area contributed by atoms with E-state index in [1.165, 1.54) is 24.4 Å². The molecule has 0 aliphatic carbocycles. The van der Waals surface area contributed by atoms with E-state index in [1.54, 1.807) is 6.07 Å². The highest BCUT2D eigenvalue weighted by Gasteiger charge is 2.06. The van der Waals surface area contributed by atoms with Crippen molar-refractivity contribution in [3.8, 4) is 6.07 Å². The van der Waals surface area contributed by atoms with Crippen LogP contribution in [-0.2, 0) is 6.42 Å². The average Bonchev–Trinajstić information content (AvgIpc) is 2.33. The van der Waals surface area contributed by atoms with Gasteiger partial charge in [-0.05, 0) is 17.7 Å². The zero-order chi connectivity index (χ0) is 13.1. The van der Waals surface area contributed by atoms with Crippen molar-refractivity contribution in [1.29, 1.82) is 5.26 Å². The number of aromatic amines is 1. The van der Waals surface area contributed by atoms with Crippen LogP contribution >= 0.6 is 11.6 Å². The van der Waals surface area contributed by atoms with E-state index in [1.807, 2.05) is 0 Å². The van der Waals surface area contributed by atoms with Crippen molar-refractivity contribution in [3.05, 3.63) is 62.5 Å². The van der Waals surface area contributed by atoms with Gasteiger partial charge in [-0.1, -0.05) is 17.7 Å². The Balaban J connectivity index is 2.32. The van der Waals surface area contributed by atoms with Crippen molar-refractivity contribution >= 4 is 11.6 Å². The predicted molar refractivity (Wildman–Crippen MR) is 63.8 cm³/mol. The van der Waals surface area contributed by atoms with E-state index in [0.29, 0.717) is 11.4 Å². The summed E-state index contributed by atoms with van der Waals surface area (Å²) in [6.07, 6.45) is 1.46. The Morgan fingerprint density at radius 1 is 1.50 bits per heavy atom. The second kappa shape index (κ2) is 4.98. The van der Waals surface area contributed by atoms with Crippen LogP contribution in [0, 0.1) is 17.1 Å². The Morgan fingerprint density at radius 2 is 2.28 bits per heavy atom. The van der Waals surface area contributed by atoms with Gasteiger partial charge in [0.05, 0.1) is 6.20 Å². The predicted octanol–water partition coefficient (Wildman–Crippen LogP) is 2.02. The van der Waals surface area contributed by atoms with Gasteiger partial charge in [0, 0.05) is 11.4 Å². The molecule has 0 radical (unpaired) electrons. The highest BCUT2D eigenvalue weighted by atomic mass is 35.5. The van der Waals surface area contributed by atoms with Crippen LogP contribution in [0.3, 0.4) is 0 Å². The molecule has 0 spiro atoms. The van der Waals surface area contributed by atoms with E-state index >= 15 is 0 Å². The Labute approximate surface area is 107 Å². The van der Waals surface area contributed by atoms with Crippen molar-refractivity contribution in [2.75, 3.05) is 0 Å². The first kappa shape index (κ1) is 12.3. The fourth-order valence-electron chi connectivity index (χ4n) is 1.45. The number of H-pyrrole nitrogens is 1. The van der Waals surface area contributed by atoms with E-state index in [4.69, 9.17) is 16.9 Å². The molecule has 0 fully saturated rings. The Kier molecular flexibility index (Phi) is 3.40. The lowest BCUT2D eigenvalue weighted by Gasteiger charge is -2.03. The lowest BCUT2D eigenvalue weighted by Crippen LogP contribution is -2.14. The first-order valence-electron chi connectivity index (χ1n) is 5.02. The second-order valence-corrected chi connectivity index (χ2v) is 4.00. The molecule has 1 N–H and O–H groups in total. The third kappa shape index (κ3) is 2.55. The minimum Gasteiger partial charge on any atom is -0.309 e. The van der Waals surface area contributed by atoms with Gasteiger partial charge in [-0.25, -0.2) is 9.37 Å². The summed E-state index contributed by atoms with van der Waals surface area (Å²) in [5.74, 6) is -0.0578. The van der Waals surface area contributed by atoms with Gasteiger partial charge in [-0.3, -0.25) is 4.79 Å². The summed E-state index contributed by atoms with van der Waals surface area (Å²) in [4.78, 5) is 17.8. The standard InChI is InChI=1S/C12H7ClFN3O/c13-10-4-9(14)2-1-7(10)3-11-16-6-8(5-15)12(18)17-11/h1-2,4,6H,3H2,(H,16,17,18). The summed E-state index contributed by atoms with van der Waals surface area (Å²) in [5, 5.41) is 8.87. The first-order valence-corrected chi connectivity index (χ1v) is 5.40. The molecule has 2 rings (SSSR count). The topological polar surface area (TPSA) is 69.5 Å². The maximum Gasteiger partial charge on any atom is 0.268 e. The molecular formula is C12H7ClFN3O. The molecular weight excluding hydrogens is 257 g/mol. The largest absolute Gasteiger partial charge is 0.309 e. The molecule has 0 aliphatic heterocycles. The summed E-state index contributed by atoms with van der Waals surface area (Å²) in [6, 6.07) is 5.72. The van der Waals surface area contributed by atoms with Gasteiger partial charge in [0.25, 0.3) is 5.56 Å². The lowest BCUT2D eigenvalue weighted by molar-refractivity contribution is 0.627. The second-order valence-electron chi connectivity index (χ2n) is 3.60. The van der Waals surface area contributed by atoms with Gasteiger partial charge in [-0.15, -0.1) is 0 Å². The fourth-order valence-corrected chi connectivity index (χ4v) is 1.68. The van der Waals surface area contributed by atoms with Crippen molar-refractivity contribution < 1.29 is 4.39 Å². The number of benzene rings is 1. The monoisotopic (exact) mass is 263 g/mol. The van der Waals surface area contributed by atoms with Crippen LogP contribution in [-0.4, -0.2) is 9.97 Å². The van der Waals surface area contributed by atoms with Crippen LogP contribution in [0.4, 0.5) is 4.39 Å². The van der Waals surface area contributed by atoms with Gasteiger partial charge in [0.15, 0.2) is 0 Å². The van der Waals surface area contributed by atoms with Crippen molar-refractivity contribution in [3.63, 3.8) is 0 Å².